The molecule has 2 fully saturated rings. The zero-order valence-corrected chi connectivity index (χ0v) is 38.0. The van der Waals surface area contributed by atoms with Gasteiger partial charge < -0.3 is 47.7 Å². The van der Waals surface area contributed by atoms with Crippen molar-refractivity contribution in [3.05, 3.63) is 179 Å². The van der Waals surface area contributed by atoms with Crippen LogP contribution in [0.15, 0.2) is 152 Å². The van der Waals surface area contributed by atoms with E-state index < -0.39 is 61.4 Å². The molecule has 0 spiro atoms. The average Bonchev–Trinajstić information content (AvgIpc) is 3.35. The van der Waals surface area contributed by atoms with E-state index in [-0.39, 0.29) is 26.4 Å². The van der Waals surface area contributed by atoms with E-state index >= 15 is 0 Å². The largest absolute Gasteiger partial charge is 0.388 e. The molecule has 2 aliphatic rings. The number of ether oxygens (including phenoxy) is 9. The van der Waals surface area contributed by atoms with Gasteiger partial charge in [-0.15, -0.1) is 0 Å². The molecule has 10 atom stereocenters. The second-order valence-corrected chi connectivity index (χ2v) is 17.0. The molecule has 65 heavy (non-hydrogen) atoms. The molecule has 348 valence electrons. The summed E-state index contributed by atoms with van der Waals surface area (Å²) in [6, 6.07) is 50.0. The van der Waals surface area contributed by atoms with E-state index in [0.717, 1.165) is 47.1 Å². The Kier molecular flexibility index (Phi) is 20.0. The summed E-state index contributed by atoms with van der Waals surface area (Å²) in [5.74, 6) is 0. The van der Waals surface area contributed by atoms with Crippen LogP contribution in [-0.2, 0) is 75.7 Å². The molecule has 5 aromatic carbocycles. The lowest BCUT2D eigenvalue weighted by Crippen LogP contribution is -2.65. The van der Waals surface area contributed by atoms with Gasteiger partial charge in [-0.05, 0) is 41.2 Å². The number of rotatable bonds is 26. The lowest BCUT2D eigenvalue weighted by atomic mass is 9.96. The van der Waals surface area contributed by atoms with Crippen LogP contribution >= 0.6 is 0 Å². The third kappa shape index (κ3) is 15.1. The fourth-order valence-corrected chi connectivity index (χ4v) is 8.32. The van der Waals surface area contributed by atoms with Crippen molar-refractivity contribution in [1.82, 2.24) is 0 Å². The second kappa shape index (κ2) is 26.7. The molecule has 7 rings (SSSR count). The van der Waals surface area contributed by atoms with Gasteiger partial charge in [0.25, 0.3) is 0 Å². The number of hydrogen-bond acceptors (Lipinski definition) is 10. The smallest absolute Gasteiger partial charge is 0.187 e. The Bertz CT molecular complexity index is 1990. The van der Waals surface area contributed by atoms with E-state index in [1.54, 1.807) is 0 Å². The van der Waals surface area contributed by atoms with Crippen molar-refractivity contribution in [3.8, 4) is 0 Å². The summed E-state index contributed by atoms with van der Waals surface area (Å²) in [4.78, 5) is 0. The van der Waals surface area contributed by atoms with Crippen LogP contribution in [-0.4, -0.2) is 79.7 Å². The van der Waals surface area contributed by atoms with E-state index in [0.29, 0.717) is 19.8 Å². The second-order valence-electron chi connectivity index (χ2n) is 17.0. The molecule has 2 saturated heterocycles. The Labute approximate surface area is 386 Å². The van der Waals surface area contributed by atoms with E-state index in [1.165, 1.54) is 19.3 Å². The summed E-state index contributed by atoms with van der Waals surface area (Å²) in [7, 11) is 0. The van der Waals surface area contributed by atoms with Gasteiger partial charge in [0, 0.05) is 6.61 Å². The minimum atomic E-state index is -1.03. The maximum atomic E-state index is 11.8. The molecular weight excluding hydrogens is 821 g/mol. The van der Waals surface area contributed by atoms with Crippen molar-refractivity contribution in [1.29, 1.82) is 0 Å². The molecule has 0 aromatic heterocycles. The normalized spacial score (nSPS) is 25.6. The summed E-state index contributed by atoms with van der Waals surface area (Å²) in [6.45, 7) is 6.17. The lowest BCUT2D eigenvalue weighted by Gasteiger charge is -2.49. The molecule has 2 aliphatic heterocycles. The molecular formula is C55H68O10. The summed E-state index contributed by atoms with van der Waals surface area (Å²) >= 11 is 0. The van der Waals surface area contributed by atoms with Gasteiger partial charge in [-0.3, -0.25) is 0 Å². The molecule has 0 aliphatic carbocycles. The van der Waals surface area contributed by atoms with Gasteiger partial charge in [-0.1, -0.05) is 191 Å². The fourth-order valence-electron chi connectivity index (χ4n) is 8.32. The van der Waals surface area contributed by atoms with Crippen LogP contribution in [0.2, 0.25) is 0 Å². The number of aliphatic hydroxyl groups is 1. The van der Waals surface area contributed by atoms with Crippen molar-refractivity contribution in [2.24, 2.45) is 0 Å². The highest BCUT2D eigenvalue weighted by Crippen LogP contribution is 2.36. The van der Waals surface area contributed by atoms with Gasteiger partial charge in [0.15, 0.2) is 12.6 Å². The number of unbranched alkanes of at least 4 members (excludes halogenated alkanes) is 5. The summed E-state index contributed by atoms with van der Waals surface area (Å²) in [5.41, 5.74) is 4.97. The van der Waals surface area contributed by atoms with Crippen molar-refractivity contribution in [2.75, 3.05) is 13.2 Å². The zero-order chi connectivity index (χ0) is 44.9. The molecule has 2 heterocycles. The molecule has 10 nitrogen and oxygen atoms in total. The Morgan fingerprint density at radius 1 is 0.431 bits per heavy atom. The summed E-state index contributed by atoms with van der Waals surface area (Å²) in [6.07, 6.45) is -1.56. The highest BCUT2D eigenvalue weighted by molar-refractivity contribution is 5.17. The van der Waals surface area contributed by atoms with E-state index in [4.69, 9.17) is 42.6 Å². The Hall–Kier alpha value is -4.30. The Morgan fingerprint density at radius 2 is 0.862 bits per heavy atom. The molecule has 0 radical (unpaired) electrons. The van der Waals surface area contributed by atoms with Crippen LogP contribution in [0, 0.1) is 0 Å². The quantitative estimate of drug-likeness (QED) is 0.0540. The van der Waals surface area contributed by atoms with Crippen LogP contribution < -0.4 is 0 Å². The van der Waals surface area contributed by atoms with E-state index in [2.05, 4.69) is 6.92 Å². The highest BCUT2D eigenvalue weighted by atomic mass is 16.8. The first-order chi connectivity index (χ1) is 32.1. The Balaban J connectivity index is 1.22. The molecule has 0 amide bonds. The number of hydrogen-bond donors (Lipinski definition) is 1. The topological polar surface area (TPSA) is 103 Å². The van der Waals surface area contributed by atoms with Crippen molar-refractivity contribution in [2.45, 2.75) is 147 Å². The van der Waals surface area contributed by atoms with E-state index in [9.17, 15) is 5.11 Å². The molecule has 5 aromatic rings. The minimum Gasteiger partial charge on any atom is -0.388 e. The summed E-state index contributed by atoms with van der Waals surface area (Å²) in [5, 5.41) is 11.8. The predicted octanol–water partition coefficient (Wildman–Crippen LogP) is 10.1. The van der Waals surface area contributed by atoms with Gasteiger partial charge in [-0.25, -0.2) is 0 Å². The molecule has 10 heteroatoms. The fraction of sp³-hybridized carbons (Fsp3) is 0.455. The monoisotopic (exact) mass is 888 g/mol. The predicted molar refractivity (Wildman–Crippen MR) is 249 cm³/mol. The zero-order valence-electron chi connectivity index (χ0n) is 38.0. The SMILES string of the molecule is CCCCCCCCO[C@@H]1O[C@H](COCc2ccccc2)[C@H](OCc2ccccc2)[C@H](OCc2ccccc2)[C@H]1O[C@@H]1O[C@@H](C)[C@@H](O)[C@@H](OCc2ccccc2)[C@@H]1OCc1ccccc1. The summed E-state index contributed by atoms with van der Waals surface area (Å²) < 4.78 is 61.3. The highest BCUT2D eigenvalue weighted by Gasteiger charge is 2.53. The molecule has 0 bridgehead atoms. The van der Waals surface area contributed by atoms with Gasteiger partial charge in [0.1, 0.15) is 42.7 Å². The average molecular weight is 889 g/mol. The molecule has 0 unspecified atom stereocenters. The van der Waals surface area contributed by atoms with Crippen molar-refractivity contribution in [3.63, 3.8) is 0 Å². The number of aliphatic hydroxyl groups excluding tert-OH is 1. The third-order valence-electron chi connectivity index (χ3n) is 12.0. The van der Waals surface area contributed by atoms with Crippen LogP contribution in [0.3, 0.4) is 0 Å². The Morgan fingerprint density at radius 3 is 1.37 bits per heavy atom. The van der Waals surface area contributed by atoms with Gasteiger partial charge >= 0.3 is 0 Å². The lowest BCUT2D eigenvalue weighted by molar-refractivity contribution is -0.378. The van der Waals surface area contributed by atoms with Crippen molar-refractivity contribution >= 4 is 0 Å². The van der Waals surface area contributed by atoms with Crippen LogP contribution in [0.1, 0.15) is 80.2 Å². The van der Waals surface area contributed by atoms with Crippen LogP contribution in [0.5, 0.6) is 0 Å². The van der Waals surface area contributed by atoms with Crippen LogP contribution in [0.4, 0.5) is 0 Å². The third-order valence-corrected chi connectivity index (χ3v) is 12.0. The standard InChI is InChI=1S/C55H68O10/c1-3-4-5-6-7-23-34-58-54-53(65-55-52(62-39-46-32-21-12-22-33-46)50(48(56)41(2)63-55)60-37-44-28-17-10-18-29-44)51(61-38-45-30-19-11-20-31-45)49(59-36-43-26-15-9-16-27-43)47(64-54)40-57-35-42-24-13-8-14-25-42/h8-22,24-33,41,47-56H,3-7,23,34-40H2,1-2H3/t41-,47+,48+,49-,50+,51-,52-,53+,54+,55-/m0/s1. The first-order valence-electron chi connectivity index (χ1n) is 23.6. The first kappa shape index (κ1) is 48.6. The van der Waals surface area contributed by atoms with E-state index in [1.807, 2.05) is 159 Å². The van der Waals surface area contributed by atoms with Crippen molar-refractivity contribution < 1.29 is 47.7 Å². The van der Waals surface area contributed by atoms with Gasteiger partial charge in [0.2, 0.25) is 0 Å². The minimum absolute atomic E-state index is 0.213. The molecule has 0 saturated carbocycles. The van der Waals surface area contributed by atoms with Crippen LogP contribution in [0.25, 0.3) is 0 Å². The van der Waals surface area contributed by atoms with Gasteiger partial charge in [-0.2, -0.15) is 0 Å². The van der Waals surface area contributed by atoms with Gasteiger partial charge in [0.05, 0.1) is 45.7 Å². The maximum absolute atomic E-state index is 11.8. The molecule has 1 N–H and O–H groups in total. The first-order valence-corrected chi connectivity index (χ1v) is 23.6. The maximum Gasteiger partial charge on any atom is 0.187 e. The number of benzene rings is 5.